The molecule has 0 saturated heterocycles. The number of hydrogen-bond donors (Lipinski definition) is 1. The predicted molar refractivity (Wildman–Crippen MR) is 30.6 cm³/mol. The third kappa shape index (κ3) is 2.63. The maximum absolute atomic E-state index is 9.01. The van der Waals surface area contributed by atoms with Crippen LogP contribution in [-0.2, 0) is 0 Å². The average molecular weight is 100 g/mol. The smallest absolute Gasteiger partial charge is 0.0619 e. The Hall–Kier alpha value is -0.0400. The summed E-state index contributed by atoms with van der Waals surface area (Å²) in [6.45, 7) is 8.81. The zero-order valence-corrected chi connectivity index (χ0v) is 4.78. The Morgan fingerprint density at radius 3 is 1.71 bits per heavy atom. The molecule has 1 N–H and O–H groups in total. The highest BCUT2D eigenvalue weighted by Crippen LogP contribution is 2.10. The Morgan fingerprint density at radius 1 is 1.43 bits per heavy atom. The fourth-order valence-corrected chi connectivity index (χ4v) is 0.125. The second-order valence-corrected chi connectivity index (χ2v) is 2.00. The van der Waals surface area contributed by atoms with E-state index < -0.39 is 5.60 Å². The average Bonchev–Trinajstić information content (AvgIpc) is 1.68. The Balaban J connectivity index is 3.36. The quantitative estimate of drug-likeness (QED) is 0.552. The SMILES string of the molecule is [CH2]CC(C)(O)C[CH2]. The molecule has 0 bridgehead atoms. The van der Waals surface area contributed by atoms with Crippen LogP contribution in [0.5, 0.6) is 0 Å². The van der Waals surface area contributed by atoms with Gasteiger partial charge in [-0.25, -0.2) is 0 Å². The van der Waals surface area contributed by atoms with Crippen molar-refractivity contribution in [3.63, 3.8) is 0 Å². The summed E-state index contributed by atoms with van der Waals surface area (Å²) in [5.41, 5.74) is -0.639. The molecular formula is C6H12O. The lowest BCUT2D eigenvalue weighted by molar-refractivity contribution is 0.0650. The van der Waals surface area contributed by atoms with Crippen LogP contribution in [0.4, 0.5) is 0 Å². The van der Waals surface area contributed by atoms with E-state index in [0.29, 0.717) is 12.8 Å². The number of rotatable bonds is 2. The zero-order valence-electron chi connectivity index (χ0n) is 4.78. The standard InChI is InChI=1S/C6H12O/c1-4-6(3,7)5-2/h7H,1-2,4-5H2,3H3. The Bertz CT molecular complexity index is 42.1. The van der Waals surface area contributed by atoms with Gasteiger partial charge >= 0.3 is 0 Å². The molecule has 0 saturated carbocycles. The molecule has 42 valence electrons. The lowest BCUT2D eigenvalue weighted by atomic mass is 10.0. The minimum Gasteiger partial charge on any atom is -0.390 e. The molecule has 0 aliphatic rings. The van der Waals surface area contributed by atoms with Gasteiger partial charge in [0.2, 0.25) is 0 Å². The molecular weight excluding hydrogens is 88.1 g/mol. The van der Waals surface area contributed by atoms with Gasteiger partial charge in [-0.2, -0.15) is 0 Å². The van der Waals surface area contributed by atoms with E-state index in [4.69, 9.17) is 5.11 Å². The molecule has 0 unspecified atom stereocenters. The maximum Gasteiger partial charge on any atom is 0.0619 e. The highest BCUT2D eigenvalue weighted by molar-refractivity contribution is 4.73. The summed E-state index contributed by atoms with van der Waals surface area (Å²) in [7, 11) is 0. The minimum atomic E-state index is -0.639. The van der Waals surface area contributed by atoms with Crippen molar-refractivity contribution in [2.45, 2.75) is 25.4 Å². The topological polar surface area (TPSA) is 20.2 Å². The summed E-state index contributed by atoms with van der Waals surface area (Å²) in [6.07, 6.45) is 1.08. The molecule has 1 nitrogen and oxygen atoms in total. The van der Waals surface area contributed by atoms with Gasteiger partial charge in [0, 0.05) is 0 Å². The van der Waals surface area contributed by atoms with Crippen molar-refractivity contribution < 1.29 is 5.11 Å². The van der Waals surface area contributed by atoms with Gasteiger partial charge in [0.25, 0.3) is 0 Å². The summed E-state index contributed by atoms with van der Waals surface area (Å²) < 4.78 is 0. The van der Waals surface area contributed by atoms with Crippen LogP contribution in [0.2, 0.25) is 0 Å². The van der Waals surface area contributed by atoms with Crippen LogP contribution in [-0.4, -0.2) is 10.7 Å². The minimum absolute atomic E-state index is 0.538. The van der Waals surface area contributed by atoms with Crippen LogP contribution in [0.3, 0.4) is 0 Å². The predicted octanol–water partition coefficient (Wildman–Crippen LogP) is 1.19. The third-order valence-corrected chi connectivity index (χ3v) is 1.08. The molecule has 0 fully saturated rings. The van der Waals surface area contributed by atoms with E-state index >= 15 is 0 Å². The van der Waals surface area contributed by atoms with Crippen molar-refractivity contribution in [2.75, 3.05) is 0 Å². The van der Waals surface area contributed by atoms with Crippen LogP contribution < -0.4 is 0 Å². The van der Waals surface area contributed by atoms with Crippen molar-refractivity contribution in [3.8, 4) is 0 Å². The normalized spacial score (nSPS) is 12.0. The summed E-state index contributed by atoms with van der Waals surface area (Å²) in [5, 5.41) is 9.01. The van der Waals surface area contributed by atoms with Gasteiger partial charge in [0.1, 0.15) is 0 Å². The van der Waals surface area contributed by atoms with E-state index in [1.807, 2.05) is 0 Å². The van der Waals surface area contributed by atoms with Crippen LogP contribution in [0.1, 0.15) is 19.8 Å². The van der Waals surface area contributed by atoms with E-state index in [9.17, 15) is 0 Å². The van der Waals surface area contributed by atoms with E-state index in [2.05, 4.69) is 13.8 Å². The third-order valence-electron chi connectivity index (χ3n) is 1.08. The van der Waals surface area contributed by atoms with Gasteiger partial charge < -0.3 is 5.11 Å². The van der Waals surface area contributed by atoms with Crippen LogP contribution >= 0.6 is 0 Å². The highest BCUT2D eigenvalue weighted by atomic mass is 16.3. The van der Waals surface area contributed by atoms with Crippen molar-refractivity contribution in [1.29, 1.82) is 0 Å². The number of aliphatic hydroxyl groups is 1. The van der Waals surface area contributed by atoms with Crippen molar-refractivity contribution in [1.82, 2.24) is 0 Å². The lowest BCUT2D eigenvalue weighted by Gasteiger charge is -2.17. The van der Waals surface area contributed by atoms with Gasteiger partial charge in [-0.15, -0.1) is 0 Å². The molecule has 1 heteroatoms. The molecule has 0 aliphatic carbocycles. The van der Waals surface area contributed by atoms with Crippen molar-refractivity contribution in [2.24, 2.45) is 0 Å². The van der Waals surface area contributed by atoms with Gasteiger partial charge in [-0.3, -0.25) is 0 Å². The molecule has 0 heterocycles. The molecule has 0 aromatic carbocycles. The van der Waals surface area contributed by atoms with Crippen LogP contribution in [0.25, 0.3) is 0 Å². The van der Waals surface area contributed by atoms with Gasteiger partial charge in [0.05, 0.1) is 5.60 Å². The summed E-state index contributed by atoms with van der Waals surface area (Å²) >= 11 is 0. The van der Waals surface area contributed by atoms with Crippen LogP contribution in [0, 0.1) is 13.8 Å². The molecule has 0 spiro atoms. The molecule has 7 heavy (non-hydrogen) atoms. The Morgan fingerprint density at radius 2 is 1.71 bits per heavy atom. The Kier molecular flexibility index (Phi) is 2.30. The van der Waals surface area contributed by atoms with E-state index in [0.717, 1.165) is 0 Å². The molecule has 0 atom stereocenters. The fraction of sp³-hybridized carbons (Fsp3) is 0.667. The molecule has 0 aromatic heterocycles. The van der Waals surface area contributed by atoms with E-state index in [1.54, 1.807) is 6.92 Å². The molecule has 0 aliphatic heterocycles. The molecule has 0 amide bonds. The maximum atomic E-state index is 9.01. The second kappa shape index (κ2) is 2.31. The summed E-state index contributed by atoms with van der Waals surface area (Å²) in [5.74, 6) is 0. The lowest BCUT2D eigenvalue weighted by Crippen LogP contribution is -2.20. The summed E-state index contributed by atoms with van der Waals surface area (Å²) in [6, 6.07) is 0. The molecule has 2 radical (unpaired) electrons. The van der Waals surface area contributed by atoms with Crippen LogP contribution in [0.15, 0.2) is 0 Å². The molecule has 0 aromatic rings. The summed E-state index contributed by atoms with van der Waals surface area (Å²) in [4.78, 5) is 0. The molecule has 0 rings (SSSR count). The monoisotopic (exact) mass is 100 g/mol. The highest BCUT2D eigenvalue weighted by Gasteiger charge is 2.12. The van der Waals surface area contributed by atoms with Gasteiger partial charge in [-0.05, 0) is 19.8 Å². The van der Waals surface area contributed by atoms with E-state index in [1.165, 1.54) is 0 Å². The largest absolute Gasteiger partial charge is 0.390 e. The van der Waals surface area contributed by atoms with Crippen molar-refractivity contribution in [3.05, 3.63) is 13.8 Å². The van der Waals surface area contributed by atoms with Gasteiger partial charge in [-0.1, -0.05) is 13.8 Å². The van der Waals surface area contributed by atoms with Crippen molar-refractivity contribution >= 4 is 0 Å². The first-order valence-corrected chi connectivity index (χ1v) is 2.43. The Labute approximate surface area is 45.4 Å². The first-order chi connectivity index (χ1) is 3.12. The fourth-order valence-electron chi connectivity index (χ4n) is 0.125. The second-order valence-electron chi connectivity index (χ2n) is 2.00. The first kappa shape index (κ1) is 6.96. The van der Waals surface area contributed by atoms with Gasteiger partial charge in [0.15, 0.2) is 0 Å². The zero-order chi connectivity index (χ0) is 5.91. The van der Waals surface area contributed by atoms with E-state index in [-0.39, 0.29) is 0 Å². The first-order valence-electron chi connectivity index (χ1n) is 2.43. The number of hydrogen-bond acceptors (Lipinski definition) is 1.